The molecule has 0 fully saturated rings. The maximum absolute atomic E-state index is 11.7. The van der Waals surface area contributed by atoms with Gasteiger partial charge in [0.05, 0.1) is 6.61 Å². The molecule has 0 bridgehead atoms. The van der Waals surface area contributed by atoms with Gasteiger partial charge in [-0.3, -0.25) is 9.59 Å². The van der Waals surface area contributed by atoms with Gasteiger partial charge in [-0.25, -0.2) is 0 Å². The summed E-state index contributed by atoms with van der Waals surface area (Å²) in [6, 6.07) is 0. The maximum Gasteiger partial charge on any atom is 0.314 e. The van der Waals surface area contributed by atoms with Crippen LogP contribution in [0.25, 0.3) is 0 Å². The fourth-order valence-electron chi connectivity index (χ4n) is 2.50. The molecule has 2 atom stereocenters. The van der Waals surface area contributed by atoms with Gasteiger partial charge in [-0.05, 0) is 38.5 Å². The first-order valence-corrected chi connectivity index (χ1v) is 9.55. The highest BCUT2D eigenvalue weighted by Gasteiger charge is 2.30. The molecule has 0 saturated carbocycles. The monoisotopic (exact) mass is 366 g/mol. The second kappa shape index (κ2) is 16.7. The summed E-state index contributed by atoms with van der Waals surface area (Å²) in [6.07, 6.45) is 19.0. The van der Waals surface area contributed by atoms with Crippen LogP contribution in [0.1, 0.15) is 64.7 Å². The normalized spacial score (nSPS) is 14.4. The van der Waals surface area contributed by atoms with Crippen LogP contribution in [0.15, 0.2) is 36.5 Å². The van der Waals surface area contributed by atoms with Crippen LogP contribution in [0.3, 0.4) is 0 Å². The molecule has 0 rings (SSSR count). The summed E-state index contributed by atoms with van der Waals surface area (Å²) in [5.74, 6) is -3.26. The van der Waals surface area contributed by atoms with Crippen LogP contribution in [-0.2, 0) is 9.59 Å². The summed E-state index contributed by atoms with van der Waals surface area (Å²) in [5, 5.41) is 27.1. The van der Waals surface area contributed by atoms with Crippen molar-refractivity contribution in [3.8, 4) is 0 Å². The summed E-state index contributed by atoms with van der Waals surface area (Å²) in [4.78, 5) is 22.8. The number of ketones is 1. The van der Waals surface area contributed by atoms with Crippen molar-refractivity contribution in [2.75, 3.05) is 6.61 Å². The van der Waals surface area contributed by atoms with E-state index in [4.69, 9.17) is 10.2 Å². The minimum atomic E-state index is -1.60. The first-order chi connectivity index (χ1) is 12.5. The number of carboxylic acid groups (broad SMARTS) is 1. The highest BCUT2D eigenvalue weighted by Crippen LogP contribution is 2.15. The summed E-state index contributed by atoms with van der Waals surface area (Å²) in [7, 11) is 0. The van der Waals surface area contributed by atoms with E-state index in [0.717, 1.165) is 44.9 Å². The number of aliphatic carboxylic acids is 1. The molecule has 26 heavy (non-hydrogen) atoms. The van der Waals surface area contributed by atoms with Gasteiger partial charge in [-0.15, -0.1) is 0 Å². The second-order valence-corrected chi connectivity index (χ2v) is 6.28. The number of aliphatic hydroxyl groups is 2. The van der Waals surface area contributed by atoms with Crippen molar-refractivity contribution in [1.29, 1.82) is 0 Å². The average molecular weight is 366 g/mol. The Morgan fingerprint density at radius 1 is 0.885 bits per heavy atom. The first-order valence-electron chi connectivity index (χ1n) is 9.55. The number of hydrogen-bond donors (Lipinski definition) is 3. The number of allylic oxidation sites excluding steroid dienone is 6. The third-order valence-corrected chi connectivity index (χ3v) is 4.04. The van der Waals surface area contributed by atoms with Gasteiger partial charge in [0.25, 0.3) is 0 Å². The quantitative estimate of drug-likeness (QED) is 0.219. The topological polar surface area (TPSA) is 94.8 Å². The first kappa shape index (κ1) is 24.3. The molecule has 0 amide bonds. The molecular weight excluding hydrogens is 332 g/mol. The second-order valence-electron chi connectivity index (χ2n) is 6.28. The molecule has 0 aromatic rings. The van der Waals surface area contributed by atoms with Crippen molar-refractivity contribution in [3.63, 3.8) is 0 Å². The highest BCUT2D eigenvalue weighted by molar-refractivity contribution is 6.00. The Morgan fingerprint density at radius 3 is 2.04 bits per heavy atom. The third-order valence-electron chi connectivity index (χ3n) is 4.04. The van der Waals surface area contributed by atoms with E-state index in [1.807, 2.05) is 0 Å². The standard InChI is InChI=1S/C21H34O5/c1-2-3-4-5-6-7-8-9-10-11-12-13-14-15-16-18(21(25)26)20(24)19(23)17-22/h3-4,6-7,9-10,18-19,22-23H,2,5,8,11-17H2,1H3,(H,25,26)/b4-3-,7-6-,10-9-. The lowest BCUT2D eigenvalue weighted by Gasteiger charge is -2.14. The van der Waals surface area contributed by atoms with Gasteiger partial charge >= 0.3 is 5.97 Å². The number of carboxylic acids is 1. The molecule has 0 heterocycles. The van der Waals surface area contributed by atoms with E-state index in [1.54, 1.807) is 0 Å². The molecule has 148 valence electrons. The Hall–Kier alpha value is -1.72. The molecule has 0 saturated heterocycles. The number of Topliss-reactive ketones (excluding diaryl/α,β-unsaturated/α-hetero) is 1. The van der Waals surface area contributed by atoms with Crippen LogP contribution in [-0.4, -0.2) is 39.8 Å². The van der Waals surface area contributed by atoms with Crippen molar-refractivity contribution in [3.05, 3.63) is 36.5 Å². The highest BCUT2D eigenvalue weighted by atomic mass is 16.4. The Balaban J connectivity index is 3.76. The van der Waals surface area contributed by atoms with Gasteiger partial charge in [0.1, 0.15) is 12.0 Å². The van der Waals surface area contributed by atoms with Crippen molar-refractivity contribution in [2.45, 2.75) is 70.8 Å². The third kappa shape index (κ3) is 12.6. The number of rotatable bonds is 16. The Bertz CT molecular complexity index is 465. The van der Waals surface area contributed by atoms with Gasteiger partial charge in [0, 0.05) is 0 Å². The van der Waals surface area contributed by atoms with E-state index < -0.39 is 30.4 Å². The van der Waals surface area contributed by atoms with Crippen LogP contribution in [0.5, 0.6) is 0 Å². The lowest BCUT2D eigenvalue weighted by Crippen LogP contribution is -2.35. The van der Waals surface area contributed by atoms with Gasteiger partial charge in [-0.1, -0.05) is 62.6 Å². The van der Waals surface area contributed by atoms with Crippen molar-refractivity contribution in [2.24, 2.45) is 5.92 Å². The van der Waals surface area contributed by atoms with E-state index in [1.165, 1.54) is 0 Å². The van der Waals surface area contributed by atoms with Crippen LogP contribution >= 0.6 is 0 Å². The number of carbonyl (C=O) groups is 2. The molecule has 0 spiro atoms. The molecule has 2 unspecified atom stereocenters. The predicted octanol–water partition coefficient (Wildman–Crippen LogP) is 3.81. The molecule has 5 nitrogen and oxygen atoms in total. The zero-order chi connectivity index (χ0) is 19.6. The smallest absolute Gasteiger partial charge is 0.314 e. The van der Waals surface area contributed by atoms with E-state index in [-0.39, 0.29) is 6.42 Å². The zero-order valence-corrected chi connectivity index (χ0v) is 15.8. The lowest BCUT2D eigenvalue weighted by atomic mass is 9.93. The molecule has 0 radical (unpaired) electrons. The summed E-state index contributed by atoms with van der Waals surface area (Å²) >= 11 is 0. The van der Waals surface area contributed by atoms with E-state index in [0.29, 0.717) is 6.42 Å². The van der Waals surface area contributed by atoms with Crippen molar-refractivity contribution < 1.29 is 24.9 Å². The average Bonchev–Trinajstić information content (AvgIpc) is 2.63. The van der Waals surface area contributed by atoms with E-state index in [9.17, 15) is 14.7 Å². The van der Waals surface area contributed by atoms with Crippen LogP contribution < -0.4 is 0 Å². The SMILES string of the molecule is CC/C=C\C/C=C\C/C=C\CCCCCCC(C(=O)O)C(=O)C(O)CO. The summed E-state index contributed by atoms with van der Waals surface area (Å²) in [6.45, 7) is 1.38. The molecular formula is C21H34O5. The molecule has 5 heteroatoms. The number of hydrogen-bond acceptors (Lipinski definition) is 4. The van der Waals surface area contributed by atoms with Gasteiger partial charge in [0.2, 0.25) is 0 Å². The van der Waals surface area contributed by atoms with E-state index in [2.05, 4.69) is 43.4 Å². The van der Waals surface area contributed by atoms with Crippen LogP contribution in [0.2, 0.25) is 0 Å². The Kier molecular flexibility index (Phi) is 15.6. The Labute approximate surface area is 157 Å². The number of aliphatic hydroxyl groups excluding tert-OH is 2. The van der Waals surface area contributed by atoms with Crippen LogP contribution in [0, 0.1) is 5.92 Å². The number of carbonyl (C=O) groups excluding carboxylic acids is 1. The lowest BCUT2D eigenvalue weighted by molar-refractivity contribution is -0.150. The van der Waals surface area contributed by atoms with Gasteiger partial charge in [0.15, 0.2) is 5.78 Å². The fraction of sp³-hybridized carbons (Fsp3) is 0.619. The molecule has 0 aromatic heterocycles. The van der Waals surface area contributed by atoms with Crippen molar-refractivity contribution >= 4 is 11.8 Å². The van der Waals surface area contributed by atoms with Gasteiger partial charge in [-0.2, -0.15) is 0 Å². The molecule has 0 aliphatic heterocycles. The number of unbranched alkanes of at least 4 members (excludes halogenated alkanes) is 4. The summed E-state index contributed by atoms with van der Waals surface area (Å²) in [5.41, 5.74) is 0. The molecule has 0 aliphatic rings. The van der Waals surface area contributed by atoms with Crippen molar-refractivity contribution in [1.82, 2.24) is 0 Å². The molecule has 3 N–H and O–H groups in total. The summed E-state index contributed by atoms with van der Waals surface area (Å²) < 4.78 is 0. The minimum Gasteiger partial charge on any atom is -0.481 e. The molecule has 0 aliphatic carbocycles. The Morgan fingerprint density at radius 2 is 1.46 bits per heavy atom. The predicted molar refractivity (Wildman–Crippen MR) is 104 cm³/mol. The minimum absolute atomic E-state index is 0.207. The zero-order valence-electron chi connectivity index (χ0n) is 15.8. The maximum atomic E-state index is 11.7. The largest absolute Gasteiger partial charge is 0.481 e. The van der Waals surface area contributed by atoms with Gasteiger partial charge < -0.3 is 15.3 Å². The fourth-order valence-corrected chi connectivity index (χ4v) is 2.50. The van der Waals surface area contributed by atoms with Crippen LogP contribution in [0.4, 0.5) is 0 Å². The van der Waals surface area contributed by atoms with E-state index >= 15 is 0 Å². The molecule has 0 aromatic carbocycles.